The van der Waals surface area contributed by atoms with Gasteiger partial charge in [0.15, 0.2) is 0 Å². The summed E-state index contributed by atoms with van der Waals surface area (Å²) in [6.07, 6.45) is 2.25. The van der Waals surface area contributed by atoms with E-state index in [1.54, 1.807) is 24.3 Å². The van der Waals surface area contributed by atoms with Crippen LogP contribution in [0.2, 0.25) is 0 Å². The molecule has 0 aliphatic rings. The van der Waals surface area contributed by atoms with E-state index in [2.05, 4.69) is 12.2 Å². The second-order valence-electron chi connectivity index (χ2n) is 4.73. The molecule has 0 radical (unpaired) electrons. The molecule has 5 heteroatoms. The highest BCUT2D eigenvalue weighted by molar-refractivity contribution is 5.81. The Morgan fingerprint density at radius 3 is 2.70 bits per heavy atom. The van der Waals surface area contributed by atoms with Gasteiger partial charge in [-0.1, -0.05) is 19.1 Å². The third kappa shape index (κ3) is 6.54. The Labute approximate surface area is 120 Å². The summed E-state index contributed by atoms with van der Waals surface area (Å²) >= 11 is 0. The number of carbonyl (C=O) groups excluding carboxylic acids is 1. The van der Waals surface area contributed by atoms with E-state index < -0.39 is 6.04 Å². The third-order valence-electron chi connectivity index (χ3n) is 2.84. The van der Waals surface area contributed by atoms with Gasteiger partial charge in [0, 0.05) is 19.8 Å². The number of hydrogen-bond donors (Lipinski definition) is 3. The van der Waals surface area contributed by atoms with Crippen LogP contribution in [0.25, 0.3) is 0 Å². The van der Waals surface area contributed by atoms with Crippen LogP contribution >= 0.6 is 0 Å². The zero-order valence-corrected chi connectivity index (χ0v) is 12.0. The van der Waals surface area contributed by atoms with Crippen molar-refractivity contribution in [2.24, 2.45) is 5.73 Å². The predicted octanol–water partition coefficient (Wildman–Crippen LogP) is 1.19. The van der Waals surface area contributed by atoms with Crippen molar-refractivity contribution in [1.82, 2.24) is 5.32 Å². The summed E-state index contributed by atoms with van der Waals surface area (Å²) in [7, 11) is 0. The van der Waals surface area contributed by atoms with E-state index in [4.69, 9.17) is 10.5 Å². The Balaban J connectivity index is 2.20. The van der Waals surface area contributed by atoms with Gasteiger partial charge in [-0.3, -0.25) is 4.79 Å². The molecule has 1 aromatic rings. The van der Waals surface area contributed by atoms with Crippen molar-refractivity contribution >= 4 is 5.91 Å². The average Bonchev–Trinajstić information content (AvgIpc) is 2.45. The van der Waals surface area contributed by atoms with Crippen LogP contribution in [0.4, 0.5) is 0 Å². The lowest BCUT2D eigenvalue weighted by molar-refractivity contribution is -0.122. The molecule has 0 heterocycles. The van der Waals surface area contributed by atoms with Crippen LogP contribution in [0.15, 0.2) is 24.3 Å². The van der Waals surface area contributed by atoms with Crippen LogP contribution in [0.3, 0.4) is 0 Å². The number of benzene rings is 1. The van der Waals surface area contributed by atoms with Crippen LogP contribution in [0.5, 0.6) is 5.75 Å². The van der Waals surface area contributed by atoms with Gasteiger partial charge in [0.25, 0.3) is 0 Å². The van der Waals surface area contributed by atoms with Crippen molar-refractivity contribution in [2.75, 3.05) is 19.8 Å². The lowest BCUT2D eigenvalue weighted by atomic mass is 10.1. The molecule has 1 aromatic carbocycles. The maximum absolute atomic E-state index is 11.8. The standard InChI is InChI=1S/C15H24N2O3/c1-2-9-20-10-3-8-17-15(19)14(16)11-12-4-6-13(18)7-5-12/h4-7,14,18H,2-3,8-11,16H2,1H3,(H,17,19)/t14-/m1/s1. The molecule has 0 saturated carbocycles. The minimum absolute atomic E-state index is 0.159. The van der Waals surface area contributed by atoms with Crippen molar-refractivity contribution in [3.8, 4) is 5.75 Å². The third-order valence-corrected chi connectivity index (χ3v) is 2.84. The SMILES string of the molecule is CCCOCCCNC(=O)[C@H](N)Cc1ccc(O)cc1. The van der Waals surface area contributed by atoms with Gasteiger partial charge in [0.05, 0.1) is 6.04 Å². The van der Waals surface area contributed by atoms with Crippen LogP contribution in [0.1, 0.15) is 25.3 Å². The van der Waals surface area contributed by atoms with Crippen LogP contribution < -0.4 is 11.1 Å². The number of carbonyl (C=O) groups is 1. The van der Waals surface area contributed by atoms with Crippen molar-refractivity contribution in [3.05, 3.63) is 29.8 Å². The fourth-order valence-corrected chi connectivity index (χ4v) is 1.74. The lowest BCUT2D eigenvalue weighted by Gasteiger charge is -2.12. The molecule has 0 spiro atoms. The maximum atomic E-state index is 11.8. The van der Waals surface area contributed by atoms with Gasteiger partial charge in [-0.25, -0.2) is 0 Å². The molecule has 5 nitrogen and oxygen atoms in total. The summed E-state index contributed by atoms with van der Waals surface area (Å²) in [5.41, 5.74) is 6.77. The summed E-state index contributed by atoms with van der Waals surface area (Å²) in [6, 6.07) is 6.13. The minimum Gasteiger partial charge on any atom is -0.508 e. The van der Waals surface area contributed by atoms with E-state index in [-0.39, 0.29) is 11.7 Å². The smallest absolute Gasteiger partial charge is 0.237 e. The fourth-order valence-electron chi connectivity index (χ4n) is 1.74. The summed E-state index contributed by atoms with van der Waals surface area (Å²) < 4.78 is 5.33. The van der Waals surface area contributed by atoms with Crippen molar-refractivity contribution in [3.63, 3.8) is 0 Å². The summed E-state index contributed by atoms with van der Waals surface area (Å²) in [6.45, 7) is 4.05. The molecule has 0 bridgehead atoms. The van der Waals surface area contributed by atoms with Gasteiger partial charge in [0.2, 0.25) is 5.91 Å². The number of phenolic OH excluding ortho intramolecular Hbond substituents is 1. The molecule has 1 rings (SSSR count). The number of aromatic hydroxyl groups is 1. The number of nitrogens with one attached hydrogen (secondary N) is 1. The summed E-state index contributed by atoms with van der Waals surface area (Å²) in [4.78, 5) is 11.8. The van der Waals surface area contributed by atoms with Crippen molar-refractivity contribution in [1.29, 1.82) is 0 Å². The molecule has 1 amide bonds. The van der Waals surface area contributed by atoms with Gasteiger partial charge in [-0.2, -0.15) is 0 Å². The van der Waals surface area contributed by atoms with E-state index in [0.717, 1.165) is 25.0 Å². The Hall–Kier alpha value is -1.59. The first-order valence-corrected chi connectivity index (χ1v) is 7.02. The van der Waals surface area contributed by atoms with E-state index in [1.807, 2.05) is 0 Å². The summed E-state index contributed by atoms with van der Waals surface area (Å²) in [5.74, 6) is 0.0485. The average molecular weight is 280 g/mol. The Bertz CT molecular complexity index is 393. The predicted molar refractivity (Wildman–Crippen MR) is 78.5 cm³/mol. The Morgan fingerprint density at radius 1 is 1.35 bits per heavy atom. The zero-order valence-electron chi connectivity index (χ0n) is 12.0. The molecule has 0 saturated heterocycles. The Morgan fingerprint density at radius 2 is 2.05 bits per heavy atom. The van der Waals surface area contributed by atoms with E-state index in [9.17, 15) is 9.90 Å². The lowest BCUT2D eigenvalue weighted by Crippen LogP contribution is -2.42. The second-order valence-corrected chi connectivity index (χ2v) is 4.73. The van der Waals surface area contributed by atoms with Gasteiger partial charge in [-0.05, 0) is 37.0 Å². The van der Waals surface area contributed by atoms with E-state index in [1.165, 1.54) is 0 Å². The van der Waals surface area contributed by atoms with Crippen LogP contribution in [-0.4, -0.2) is 36.8 Å². The highest BCUT2D eigenvalue weighted by Gasteiger charge is 2.13. The number of phenols is 1. The van der Waals surface area contributed by atoms with Crippen LogP contribution in [0, 0.1) is 0 Å². The molecule has 0 fully saturated rings. The topological polar surface area (TPSA) is 84.6 Å². The quantitative estimate of drug-likeness (QED) is 0.593. The molecule has 1 atom stereocenters. The number of ether oxygens (including phenoxy) is 1. The highest BCUT2D eigenvalue weighted by Crippen LogP contribution is 2.10. The summed E-state index contributed by atoms with van der Waals surface area (Å²) in [5, 5.41) is 12.0. The van der Waals surface area contributed by atoms with Gasteiger partial charge >= 0.3 is 0 Å². The highest BCUT2D eigenvalue weighted by atomic mass is 16.5. The Kier molecular flexibility index (Phi) is 7.69. The number of rotatable bonds is 9. The van der Waals surface area contributed by atoms with Gasteiger partial charge in [-0.15, -0.1) is 0 Å². The molecule has 112 valence electrons. The molecular formula is C15H24N2O3. The second kappa shape index (κ2) is 9.34. The minimum atomic E-state index is -0.573. The first kappa shape index (κ1) is 16.5. The van der Waals surface area contributed by atoms with Gasteiger partial charge in [0.1, 0.15) is 5.75 Å². The number of hydrogen-bond acceptors (Lipinski definition) is 4. The monoisotopic (exact) mass is 280 g/mol. The zero-order chi connectivity index (χ0) is 14.8. The first-order chi connectivity index (χ1) is 9.63. The largest absolute Gasteiger partial charge is 0.508 e. The number of nitrogens with two attached hydrogens (primary N) is 1. The molecular weight excluding hydrogens is 256 g/mol. The number of amides is 1. The normalized spacial score (nSPS) is 12.1. The molecule has 4 N–H and O–H groups in total. The molecule has 0 aliphatic heterocycles. The van der Waals surface area contributed by atoms with E-state index in [0.29, 0.717) is 19.6 Å². The molecule has 0 unspecified atom stereocenters. The van der Waals surface area contributed by atoms with Gasteiger partial charge < -0.3 is 20.9 Å². The molecule has 0 aromatic heterocycles. The van der Waals surface area contributed by atoms with Crippen LogP contribution in [-0.2, 0) is 16.0 Å². The maximum Gasteiger partial charge on any atom is 0.237 e. The van der Waals surface area contributed by atoms with Crippen molar-refractivity contribution in [2.45, 2.75) is 32.2 Å². The van der Waals surface area contributed by atoms with Crippen molar-refractivity contribution < 1.29 is 14.6 Å². The molecule has 0 aliphatic carbocycles. The first-order valence-electron chi connectivity index (χ1n) is 7.02. The molecule has 20 heavy (non-hydrogen) atoms. The van der Waals surface area contributed by atoms with E-state index >= 15 is 0 Å². The fraction of sp³-hybridized carbons (Fsp3) is 0.533.